The van der Waals surface area contributed by atoms with Crippen molar-refractivity contribution in [3.05, 3.63) is 23.7 Å². The van der Waals surface area contributed by atoms with Gasteiger partial charge in [0.05, 0.1) is 12.1 Å². The Balaban J connectivity index is 0.00000200. The van der Waals surface area contributed by atoms with E-state index in [1.807, 2.05) is 6.92 Å². The van der Waals surface area contributed by atoms with E-state index in [-0.39, 0.29) is 30.6 Å². The molecule has 1 fully saturated rings. The van der Waals surface area contributed by atoms with E-state index in [9.17, 15) is 9.59 Å². The summed E-state index contributed by atoms with van der Waals surface area (Å²) in [6.45, 7) is 3.12. The molecule has 2 amide bonds. The minimum atomic E-state index is -0.611. The lowest BCUT2D eigenvalue weighted by Gasteiger charge is -2.26. The van der Waals surface area contributed by atoms with E-state index < -0.39 is 11.4 Å². The van der Waals surface area contributed by atoms with Crippen LogP contribution in [0.3, 0.4) is 0 Å². The number of carbonyl (C=O) groups excluding carboxylic acids is 2. The van der Waals surface area contributed by atoms with Crippen LogP contribution in [0, 0.1) is 0 Å². The second-order valence-electron chi connectivity index (χ2n) is 4.78. The molecule has 1 aromatic rings. The number of nitrogens with two attached hydrogens (primary N) is 1. The molecular formula is C13H20ClN3O3. The molecule has 0 saturated carbocycles. The summed E-state index contributed by atoms with van der Waals surface area (Å²) in [7, 11) is 0. The summed E-state index contributed by atoms with van der Waals surface area (Å²) in [6.07, 6.45) is 2.61. The molecule has 20 heavy (non-hydrogen) atoms. The Labute approximate surface area is 123 Å². The van der Waals surface area contributed by atoms with Gasteiger partial charge in [0.25, 0.3) is 5.91 Å². The summed E-state index contributed by atoms with van der Waals surface area (Å²) in [5.41, 5.74) is 4.64. The van der Waals surface area contributed by atoms with E-state index in [4.69, 9.17) is 10.2 Å². The lowest BCUT2D eigenvalue weighted by atomic mass is 9.93. The number of rotatable bonds is 5. The van der Waals surface area contributed by atoms with Crippen molar-refractivity contribution in [1.82, 2.24) is 10.6 Å². The molecule has 0 radical (unpaired) electrons. The van der Waals surface area contributed by atoms with Crippen molar-refractivity contribution in [2.75, 3.05) is 6.54 Å². The number of hydrogen-bond donors (Lipinski definition) is 3. The number of nitrogens with one attached hydrogen (secondary N) is 2. The van der Waals surface area contributed by atoms with Crippen molar-refractivity contribution < 1.29 is 14.0 Å². The molecule has 4 N–H and O–H groups in total. The van der Waals surface area contributed by atoms with E-state index >= 15 is 0 Å². The number of furan rings is 1. The molecule has 1 aliphatic rings. The van der Waals surface area contributed by atoms with Crippen LogP contribution in [0.2, 0.25) is 0 Å². The molecule has 0 bridgehead atoms. The molecule has 2 rings (SSSR count). The van der Waals surface area contributed by atoms with Gasteiger partial charge in [0, 0.05) is 0 Å². The Morgan fingerprint density at radius 1 is 1.50 bits per heavy atom. The van der Waals surface area contributed by atoms with Crippen molar-refractivity contribution in [2.45, 2.75) is 38.3 Å². The molecule has 1 aliphatic heterocycles. The zero-order valence-corrected chi connectivity index (χ0v) is 12.2. The van der Waals surface area contributed by atoms with Gasteiger partial charge in [0.15, 0.2) is 5.76 Å². The standard InChI is InChI=1S/C13H19N3O3.ClH/c1-2-13(6-3-7-16-13)12(18)15-8-9-4-5-10(19-9)11(14)17;/h4-5,16H,2-3,6-8H2,1H3,(H2,14,17)(H,15,18);1H. The molecule has 1 atom stereocenters. The first-order valence-corrected chi connectivity index (χ1v) is 6.49. The third kappa shape index (κ3) is 3.32. The average molecular weight is 302 g/mol. The second-order valence-corrected chi connectivity index (χ2v) is 4.78. The number of carbonyl (C=O) groups is 2. The van der Waals surface area contributed by atoms with Crippen LogP contribution in [0.5, 0.6) is 0 Å². The van der Waals surface area contributed by atoms with Gasteiger partial charge < -0.3 is 20.8 Å². The predicted octanol–water partition coefficient (Wildman–Crippen LogP) is 0.949. The van der Waals surface area contributed by atoms with Crippen LogP contribution in [-0.2, 0) is 11.3 Å². The maximum atomic E-state index is 12.2. The van der Waals surface area contributed by atoms with Gasteiger partial charge in [-0.2, -0.15) is 0 Å². The van der Waals surface area contributed by atoms with Gasteiger partial charge in [-0.1, -0.05) is 6.92 Å². The lowest BCUT2D eigenvalue weighted by Crippen LogP contribution is -2.52. The van der Waals surface area contributed by atoms with Crippen molar-refractivity contribution >= 4 is 24.2 Å². The summed E-state index contributed by atoms with van der Waals surface area (Å²) in [6, 6.07) is 3.15. The normalized spacial score (nSPS) is 21.2. The fourth-order valence-corrected chi connectivity index (χ4v) is 2.40. The summed E-state index contributed by atoms with van der Waals surface area (Å²) in [4.78, 5) is 23.1. The summed E-state index contributed by atoms with van der Waals surface area (Å²) >= 11 is 0. The molecule has 0 spiro atoms. The van der Waals surface area contributed by atoms with Crippen molar-refractivity contribution in [3.63, 3.8) is 0 Å². The molecule has 6 nitrogen and oxygen atoms in total. The van der Waals surface area contributed by atoms with E-state index in [1.165, 1.54) is 6.07 Å². The zero-order chi connectivity index (χ0) is 13.9. The summed E-state index contributed by atoms with van der Waals surface area (Å²) < 4.78 is 5.22. The quantitative estimate of drug-likeness (QED) is 0.754. The first kappa shape index (κ1) is 16.5. The monoisotopic (exact) mass is 301 g/mol. The highest BCUT2D eigenvalue weighted by atomic mass is 35.5. The molecule has 1 saturated heterocycles. The molecular weight excluding hydrogens is 282 g/mol. The number of halogens is 1. The van der Waals surface area contributed by atoms with Gasteiger partial charge in [0.2, 0.25) is 5.91 Å². The Bertz CT molecular complexity index is 481. The van der Waals surface area contributed by atoms with Crippen molar-refractivity contribution in [3.8, 4) is 0 Å². The number of primary amides is 1. The predicted molar refractivity (Wildman–Crippen MR) is 76.6 cm³/mol. The topological polar surface area (TPSA) is 97.4 Å². The summed E-state index contributed by atoms with van der Waals surface area (Å²) in [5, 5.41) is 6.10. The van der Waals surface area contributed by atoms with E-state index in [0.717, 1.165) is 25.8 Å². The Morgan fingerprint density at radius 3 is 2.75 bits per heavy atom. The zero-order valence-electron chi connectivity index (χ0n) is 11.4. The highest BCUT2D eigenvalue weighted by Crippen LogP contribution is 2.23. The smallest absolute Gasteiger partial charge is 0.284 e. The molecule has 7 heteroatoms. The van der Waals surface area contributed by atoms with Crippen molar-refractivity contribution in [1.29, 1.82) is 0 Å². The first-order chi connectivity index (χ1) is 9.07. The van der Waals surface area contributed by atoms with Gasteiger partial charge in [-0.05, 0) is 37.9 Å². The fraction of sp³-hybridized carbons (Fsp3) is 0.538. The molecule has 1 unspecified atom stereocenters. The van der Waals surface area contributed by atoms with Crippen LogP contribution in [0.15, 0.2) is 16.5 Å². The third-order valence-electron chi connectivity index (χ3n) is 3.61. The number of amides is 2. The highest BCUT2D eigenvalue weighted by Gasteiger charge is 2.38. The van der Waals surface area contributed by atoms with Crippen LogP contribution < -0.4 is 16.4 Å². The fourth-order valence-electron chi connectivity index (χ4n) is 2.40. The minimum Gasteiger partial charge on any atom is -0.454 e. The van der Waals surface area contributed by atoms with Gasteiger partial charge in [-0.3, -0.25) is 9.59 Å². The van der Waals surface area contributed by atoms with Crippen LogP contribution in [0.25, 0.3) is 0 Å². The van der Waals surface area contributed by atoms with Crippen molar-refractivity contribution in [2.24, 2.45) is 5.73 Å². The maximum absolute atomic E-state index is 12.2. The molecule has 1 aromatic heterocycles. The molecule has 0 aromatic carbocycles. The van der Waals surface area contributed by atoms with Gasteiger partial charge in [-0.25, -0.2) is 0 Å². The Hall–Kier alpha value is -1.53. The third-order valence-corrected chi connectivity index (χ3v) is 3.61. The lowest BCUT2D eigenvalue weighted by molar-refractivity contribution is -0.127. The molecule has 112 valence electrons. The summed E-state index contributed by atoms with van der Waals surface area (Å²) in [5.74, 6) is -0.00978. The van der Waals surface area contributed by atoms with Crippen LogP contribution in [0.1, 0.15) is 42.5 Å². The Kier molecular flexibility index (Phi) is 5.59. The van der Waals surface area contributed by atoms with E-state index in [1.54, 1.807) is 6.07 Å². The Morgan fingerprint density at radius 2 is 2.25 bits per heavy atom. The van der Waals surface area contributed by atoms with Gasteiger partial charge in [-0.15, -0.1) is 12.4 Å². The molecule has 2 heterocycles. The SMILES string of the molecule is CCC1(C(=O)NCc2ccc(C(N)=O)o2)CCCN1.Cl. The minimum absolute atomic E-state index is 0. The largest absolute Gasteiger partial charge is 0.454 e. The second kappa shape index (κ2) is 6.76. The van der Waals surface area contributed by atoms with Crippen LogP contribution in [0.4, 0.5) is 0 Å². The van der Waals surface area contributed by atoms with Crippen LogP contribution >= 0.6 is 12.4 Å². The van der Waals surface area contributed by atoms with Crippen LogP contribution in [-0.4, -0.2) is 23.9 Å². The van der Waals surface area contributed by atoms with Gasteiger partial charge in [0.1, 0.15) is 5.76 Å². The molecule has 0 aliphatic carbocycles. The van der Waals surface area contributed by atoms with E-state index in [0.29, 0.717) is 5.76 Å². The first-order valence-electron chi connectivity index (χ1n) is 6.49. The van der Waals surface area contributed by atoms with E-state index in [2.05, 4.69) is 10.6 Å². The van der Waals surface area contributed by atoms with Gasteiger partial charge >= 0.3 is 0 Å². The maximum Gasteiger partial charge on any atom is 0.284 e. The highest BCUT2D eigenvalue weighted by molar-refractivity contribution is 5.90. The average Bonchev–Trinajstić information content (AvgIpc) is 3.05. The number of hydrogen-bond acceptors (Lipinski definition) is 4.